The summed E-state index contributed by atoms with van der Waals surface area (Å²) in [6, 6.07) is 22.1. The van der Waals surface area contributed by atoms with E-state index in [1.807, 2.05) is 62.4 Å². The quantitative estimate of drug-likeness (QED) is 0.377. The van der Waals surface area contributed by atoms with E-state index in [2.05, 4.69) is 41.9 Å². The van der Waals surface area contributed by atoms with Crippen molar-refractivity contribution in [3.8, 4) is 5.75 Å². The zero-order chi connectivity index (χ0) is 23.4. The van der Waals surface area contributed by atoms with Crippen molar-refractivity contribution < 1.29 is 9.53 Å². The normalized spacial score (nSPS) is 11.2. The Kier molecular flexibility index (Phi) is 6.78. The molecule has 0 atom stereocenters. The minimum absolute atomic E-state index is 0.0902. The molecule has 0 fully saturated rings. The number of amides is 1. The summed E-state index contributed by atoms with van der Waals surface area (Å²) in [5.41, 5.74) is 6.05. The molecule has 4 rings (SSSR count). The van der Waals surface area contributed by atoms with Crippen molar-refractivity contribution in [3.63, 3.8) is 0 Å². The monoisotopic (exact) mass is 441 g/mol. The first kappa shape index (κ1) is 22.6. The molecule has 5 nitrogen and oxygen atoms in total. The second kappa shape index (κ2) is 9.90. The van der Waals surface area contributed by atoms with E-state index < -0.39 is 0 Å². The van der Waals surface area contributed by atoms with Gasteiger partial charge in [-0.3, -0.25) is 4.79 Å². The third-order valence-corrected chi connectivity index (χ3v) is 5.90. The third kappa shape index (κ3) is 5.25. The predicted octanol–water partition coefficient (Wildman–Crippen LogP) is 5.79. The van der Waals surface area contributed by atoms with Crippen LogP contribution in [0.4, 0.5) is 0 Å². The highest BCUT2D eigenvalue weighted by Gasteiger charge is 2.14. The van der Waals surface area contributed by atoms with E-state index in [-0.39, 0.29) is 5.91 Å². The number of nitrogens with one attached hydrogen (secondary N) is 1. The molecular formula is C28H31N3O2. The van der Waals surface area contributed by atoms with Gasteiger partial charge in [0.25, 0.3) is 5.91 Å². The summed E-state index contributed by atoms with van der Waals surface area (Å²) >= 11 is 0. The number of hydrogen-bond acceptors (Lipinski definition) is 3. The Hall–Kier alpha value is -3.60. The topological polar surface area (TPSA) is 56.2 Å². The number of hydrogen-bond donors (Lipinski definition) is 1. The minimum atomic E-state index is -0.0902. The standard InChI is InChI=1S/C28H31N3O2/c1-19(2)22-10-12-23(13-11-22)33-16-15-31-26-8-6-5-7-25(26)30-27(31)18-29-28(32)24-14-9-20(3)17-21(24)4/h5-14,17,19H,15-16,18H2,1-4H3,(H,29,32). The second-order valence-corrected chi connectivity index (χ2v) is 8.74. The Morgan fingerprint density at radius 2 is 1.79 bits per heavy atom. The lowest BCUT2D eigenvalue weighted by Crippen LogP contribution is -2.26. The first-order valence-corrected chi connectivity index (χ1v) is 11.4. The number of ether oxygens (including phenoxy) is 1. The zero-order valence-electron chi connectivity index (χ0n) is 19.8. The molecule has 1 amide bonds. The van der Waals surface area contributed by atoms with Crippen LogP contribution in [-0.4, -0.2) is 22.1 Å². The van der Waals surface area contributed by atoms with E-state index in [9.17, 15) is 4.79 Å². The van der Waals surface area contributed by atoms with Crippen LogP contribution >= 0.6 is 0 Å². The van der Waals surface area contributed by atoms with Gasteiger partial charge in [0.1, 0.15) is 18.2 Å². The van der Waals surface area contributed by atoms with Gasteiger partial charge in [0, 0.05) is 5.56 Å². The highest BCUT2D eigenvalue weighted by molar-refractivity contribution is 5.95. The number of imidazole rings is 1. The summed E-state index contributed by atoms with van der Waals surface area (Å²) in [5.74, 6) is 2.08. The van der Waals surface area contributed by atoms with Crippen molar-refractivity contribution in [2.45, 2.75) is 46.7 Å². The lowest BCUT2D eigenvalue weighted by molar-refractivity contribution is 0.0949. The van der Waals surface area contributed by atoms with Gasteiger partial charge in [0.05, 0.1) is 24.1 Å². The highest BCUT2D eigenvalue weighted by Crippen LogP contribution is 2.20. The van der Waals surface area contributed by atoms with Gasteiger partial charge in [-0.15, -0.1) is 0 Å². The van der Waals surface area contributed by atoms with Crippen LogP contribution in [-0.2, 0) is 13.1 Å². The molecule has 0 saturated carbocycles. The largest absolute Gasteiger partial charge is 0.492 e. The van der Waals surface area contributed by atoms with Crippen LogP contribution in [0.3, 0.4) is 0 Å². The maximum Gasteiger partial charge on any atom is 0.251 e. The number of nitrogens with zero attached hydrogens (tertiary/aromatic N) is 2. The lowest BCUT2D eigenvalue weighted by atomic mass is 10.0. The Labute approximate surface area is 195 Å². The van der Waals surface area contributed by atoms with Crippen molar-refractivity contribution in [1.29, 1.82) is 0 Å². The average molecular weight is 442 g/mol. The van der Waals surface area contributed by atoms with E-state index in [0.717, 1.165) is 33.7 Å². The fourth-order valence-corrected chi connectivity index (χ4v) is 4.04. The molecule has 0 saturated heterocycles. The number of aryl methyl sites for hydroxylation is 2. The Morgan fingerprint density at radius 1 is 1.03 bits per heavy atom. The summed E-state index contributed by atoms with van der Waals surface area (Å²) in [7, 11) is 0. The molecule has 0 spiro atoms. The number of carbonyl (C=O) groups excluding carboxylic acids is 1. The molecule has 4 aromatic rings. The molecule has 0 aliphatic heterocycles. The van der Waals surface area contributed by atoms with E-state index in [0.29, 0.717) is 31.2 Å². The van der Waals surface area contributed by atoms with Gasteiger partial charge in [-0.05, 0) is 61.2 Å². The number of rotatable bonds is 8. The molecule has 1 heterocycles. The van der Waals surface area contributed by atoms with Gasteiger partial charge in [-0.25, -0.2) is 4.98 Å². The number of carbonyl (C=O) groups is 1. The second-order valence-electron chi connectivity index (χ2n) is 8.74. The van der Waals surface area contributed by atoms with Gasteiger partial charge in [0.15, 0.2) is 0 Å². The van der Waals surface area contributed by atoms with Gasteiger partial charge >= 0.3 is 0 Å². The van der Waals surface area contributed by atoms with E-state index in [4.69, 9.17) is 9.72 Å². The fourth-order valence-electron chi connectivity index (χ4n) is 4.04. The van der Waals surface area contributed by atoms with Crippen molar-refractivity contribution >= 4 is 16.9 Å². The molecule has 33 heavy (non-hydrogen) atoms. The molecule has 0 radical (unpaired) electrons. The molecule has 1 N–H and O–H groups in total. The van der Waals surface area contributed by atoms with Crippen LogP contribution in [0.15, 0.2) is 66.7 Å². The zero-order valence-corrected chi connectivity index (χ0v) is 19.8. The molecule has 0 unspecified atom stereocenters. The first-order valence-electron chi connectivity index (χ1n) is 11.4. The summed E-state index contributed by atoms with van der Waals surface area (Å²) in [6.07, 6.45) is 0. The van der Waals surface area contributed by atoms with Crippen molar-refractivity contribution in [2.24, 2.45) is 0 Å². The number of aromatic nitrogens is 2. The molecule has 0 aliphatic rings. The van der Waals surface area contributed by atoms with E-state index in [1.54, 1.807) is 0 Å². The lowest BCUT2D eigenvalue weighted by Gasteiger charge is -2.13. The SMILES string of the molecule is Cc1ccc(C(=O)NCc2nc3ccccc3n2CCOc2ccc(C(C)C)cc2)c(C)c1. The Balaban J connectivity index is 1.46. The van der Waals surface area contributed by atoms with Crippen molar-refractivity contribution in [2.75, 3.05) is 6.61 Å². The van der Waals surface area contributed by atoms with Gasteiger partial charge in [0.2, 0.25) is 0 Å². The Bertz CT molecular complexity index is 1260. The molecule has 0 aliphatic carbocycles. The fraction of sp³-hybridized carbons (Fsp3) is 0.286. The molecular weight excluding hydrogens is 410 g/mol. The summed E-state index contributed by atoms with van der Waals surface area (Å²) in [4.78, 5) is 17.5. The van der Waals surface area contributed by atoms with Crippen LogP contribution in [0.25, 0.3) is 11.0 Å². The number of para-hydroxylation sites is 2. The molecule has 5 heteroatoms. The van der Waals surface area contributed by atoms with Crippen molar-refractivity contribution in [3.05, 3.63) is 94.8 Å². The average Bonchev–Trinajstić information content (AvgIpc) is 3.15. The highest BCUT2D eigenvalue weighted by atomic mass is 16.5. The van der Waals surface area contributed by atoms with Crippen LogP contribution in [0.5, 0.6) is 5.75 Å². The third-order valence-electron chi connectivity index (χ3n) is 5.90. The van der Waals surface area contributed by atoms with Crippen LogP contribution in [0.2, 0.25) is 0 Å². The molecule has 0 bridgehead atoms. The summed E-state index contributed by atoms with van der Waals surface area (Å²) < 4.78 is 8.13. The smallest absolute Gasteiger partial charge is 0.251 e. The predicted molar refractivity (Wildman–Crippen MR) is 133 cm³/mol. The van der Waals surface area contributed by atoms with E-state index >= 15 is 0 Å². The summed E-state index contributed by atoms with van der Waals surface area (Å²) in [5, 5.41) is 3.04. The molecule has 3 aromatic carbocycles. The van der Waals surface area contributed by atoms with Crippen molar-refractivity contribution in [1.82, 2.24) is 14.9 Å². The van der Waals surface area contributed by atoms with E-state index in [1.165, 1.54) is 5.56 Å². The maximum absolute atomic E-state index is 12.8. The minimum Gasteiger partial charge on any atom is -0.492 e. The maximum atomic E-state index is 12.8. The van der Waals surface area contributed by atoms with Crippen LogP contribution < -0.4 is 10.1 Å². The molecule has 170 valence electrons. The van der Waals surface area contributed by atoms with Crippen LogP contribution in [0, 0.1) is 13.8 Å². The van der Waals surface area contributed by atoms with Gasteiger partial charge in [-0.1, -0.05) is 55.8 Å². The molecule has 1 aromatic heterocycles. The Morgan fingerprint density at radius 3 is 2.52 bits per heavy atom. The summed E-state index contributed by atoms with van der Waals surface area (Å²) in [6.45, 7) is 9.85. The number of benzene rings is 3. The first-order chi connectivity index (χ1) is 15.9. The van der Waals surface area contributed by atoms with Crippen LogP contribution in [0.1, 0.15) is 52.6 Å². The van der Waals surface area contributed by atoms with Gasteiger partial charge in [-0.2, -0.15) is 0 Å². The van der Waals surface area contributed by atoms with Gasteiger partial charge < -0.3 is 14.6 Å². The number of fused-ring (bicyclic) bond motifs is 1.